The van der Waals surface area contributed by atoms with E-state index in [4.69, 9.17) is 38.6 Å². The number of nitrogens with two attached hydrogens (primary N) is 5. The Balaban J connectivity index is 0.0000115. The number of aliphatic hydroxyl groups is 2. The van der Waals surface area contributed by atoms with Crippen LogP contribution in [0.4, 0.5) is 13.2 Å². The number of H-pyrrole nitrogens is 1. The molecule has 130 heavy (non-hydrogen) atoms. The number of carbonyl (C=O) groups excluding carboxylic acids is 17. The highest BCUT2D eigenvalue weighted by Crippen LogP contribution is 2.17. The number of carboxylic acid groups (broad SMARTS) is 1. The van der Waals surface area contributed by atoms with E-state index in [1.807, 2.05) is 27.7 Å². The van der Waals surface area contributed by atoms with Gasteiger partial charge in [-0.25, -0.2) is 9.78 Å². The number of hydrogen-bond acceptors (Lipinski definition) is 25. The van der Waals surface area contributed by atoms with Gasteiger partial charge in [-0.1, -0.05) is 92.1 Å². The first kappa shape index (κ1) is 116. The normalized spacial score (nSPS) is 15.0. The summed E-state index contributed by atoms with van der Waals surface area (Å²) in [5.41, 5.74) is 29.4. The molecular formula is C83H140F3N23O21. The van der Waals surface area contributed by atoms with Crippen LogP contribution >= 0.6 is 0 Å². The largest absolute Gasteiger partial charge is 0.490 e. The van der Waals surface area contributed by atoms with Crippen molar-refractivity contribution < 1.29 is 115 Å². The Morgan fingerprint density at radius 3 is 1.19 bits per heavy atom. The SMILES string of the molecule is CC[C@H](C)[C@H](NC(=O)[C@H](CCCCN)NC(=O)[C@@H](NC(=O)[C@H](CCCCN)NC(=O)[C@H](CCCCN)NC(=O)CNC(=O)[C@H](CO)NC(=O)[C@H](C)NC(=O)[C@@H](NC(=O)[C@H](Cc1cnc[nH]1)NC(=O)[C@H](Cc1ccccc1)NC(=O)CNC(=O)[C@H](CC(C)C)NC(=O)[C@H](CC(C)C)NC(C)=O)[C@@H](C)O)C(C)C)C(=O)N[C@@H](C)C(=O)N[C@@H](CCCCN)C(N)=O.O=C(O)C(F)(F)F. The third-order valence-electron chi connectivity index (χ3n) is 20.2. The molecule has 2 rings (SSSR count). The van der Waals surface area contributed by atoms with Crippen molar-refractivity contribution in [2.75, 3.05) is 45.9 Å². The number of halogens is 3. The number of aliphatic carboxylic acids is 1. The maximum atomic E-state index is 14.4. The molecule has 1 aromatic carbocycles. The molecule has 0 saturated carbocycles. The van der Waals surface area contributed by atoms with Crippen LogP contribution in [-0.4, -0.2) is 274 Å². The molecule has 0 saturated heterocycles. The molecule has 30 N–H and O–H groups in total. The minimum atomic E-state index is -5.08. The zero-order valence-electron chi connectivity index (χ0n) is 76.1. The zero-order valence-corrected chi connectivity index (χ0v) is 76.1. The standard InChI is InChI=1S/C81H139N23O19.C2HF3O2/c1-13-47(8)66(80(122)91-48(9)69(111)96-54(68(86)110)27-17-21-31-82)103-75(117)57(30-20-24-34-85)98-79(121)65(46(6)7)102-74(116)56(29-19-23-33-84)97-73(115)55(28-18-22-32-83)94-63(108)40-89-72(114)62(42-105)101-70(112)49(10)92-81(123)67(50(11)106)104-78(120)61(38-53-39-87-43-90-53)100-77(119)60(37-52-25-15-14-16-26-52)95-64(109)41-88-71(113)58(35-44(2)3)99-76(118)59(36-45(4)5)93-51(12)107;3-2(4,5)1(6)7/h14-16,25-26,39,43-50,54-62,65-67,105-106H,13,17-24,27-38,40-42,82-85H2,1-12H3,(H2,86,110)(H,87,90)(H,88,113)(H,89,114)(H,91,122)(H,92,123)(H,93,107)(H,94,108)(H,95,109)(H,96,111)(H,97,115)(H,98,121)(H,99,118)(H,100,119)(H,101,112)(H,102,116)(H,103,117)(H,104,120);(H,6,7)/t47-,48-,49-,50+,54-,55-,56-,57-,58-,59-,60-,61-,62-,65-,66-,67-;/m0./s1. The molecule has 0 fully saturated rings. The smallest absolute Gasteiger partial charge is 0.475 e. The van der Waals surface area contributed by atoms with Crippen molar-refractivity contribution in [3.63, 3.8) is 0 Å². The van der Waals surface area contributed by atoms with Crippen molar-refractivity contribution in [3.8, 4) is 0 Å². The van der Waals surface area contributed by atoms with E-state index in [1.54, 1.807) is 58.0 Å². The van der Waals surface area contributed by atoms with Crippen molar-refractivity contribution in [1.82, 2.24) is 95.0 Å². The fraction of sp³-hybridized carbons (Fsp3) is 0.675. The number of aliphatic hydroxyl groups excluding tert-OH is 2. The van der Waals surface area contributed by atoms with Gasteiger partial charge in [0.1, 0.15) is 84.6 Å². The number of primary amides is 1. The van der Waals surface area contributed by atoms with Gasteiger partial charge in [0.2, 0.25) is 100 Å². The fourth-order valence-electron chi connectivity index (χ4n) is 12.7. The molecule has 0 radical (unpaired) electrons. The third kappa shape index (κ3) is 46.1. The molecule has 0 spiro atoms. The van der Waals surface area contributed by atoms with E-state index in [1.165, 1.54) is 33.3 Å². The van der Waals surface area contributed by atoms with Gasteiger partial charge in [-0.15, -0.1) is 0 Å². The molecular weight excluding hydrogens is 1710 g/mol. The van der Waals surface area contributed by atoms with Crippen molar-refractivity contribution >= 4 is 106 Å². The van der Waals surface area contributed by atoms with Crippen LogP contribution in [0.15, 0.2) is 42.9 Å². The first-order chi connectivity index (χ1) is 61.1. The van der Waals surface area contributed by atoms with Gasteiger partial charge in [-0.2, -0.15) is 13.2 Å². The minimum Gasteiger partial charge on any atom is -0.475 e. The Hall–Kier alpha value is -11.6. The van der Waals surface area contributed by atoms with Crippen molar-refractivity contribution in [2.45, 2.75) is 289 Å². The average molecular weight is 1850 g/mol. The molecule has 2 aromatic rings. The van der Waals surface area contributed by atoms with Crippen LogP contribution in [0.3, 0.4) is 0 Å². The van der Waals surface area contributed by atoms with E-state index in [-0.39, 0.29) is 89.3 Å². The Morgan fingerprint density at radius 1 is 0.423 bits per heavy atom. The molecule has 734 valence electrons. The quantitative estimate of drug-likeness (QED) is 0.0276. The van der Waals surface area contributed by atoms with Crippen LogP contribution in [0.2, 0.25) is 0 Å². The molecule has 47 heteroatoms. The summed E-state index contributed by atoms with van der Waals surface area (Å²) in [6, 6.07) is -10.6. The molecule has 0 bridgehead atoms. The van der Waals surface area contributed by atoms with E-state index >= 15 is 0 Å². The molecule has 1 aromatic heterocycles. The summed E-state index contributed by atoms with van der Waals surface area (Å²) < 4.78 is 31.7. The van der Waals surface area contributed by atoms with Gasteiger partial charge in [-0.3, -0.25) is 81.5 Å². The van der Waals surface area contributed by atoms with Gasteiger partial charge in [0.15, 0.2) is 0 Å². The van der Waals surface area contributed by atoms with Crippen molar-refractivity contribution in [3.05, 3.63) is 54.1 Å². The van der Waals surface area contributed by atoms with E-state index in [9.17, 15) is 105 Å². The van der Waals surface area contributed by atoms with E-state index in [0.717, 1.165) is 6.92 Å². The second-order valence-electron chi connectivity index (χ2n) is 32.8. The molecule has 0 aliphatic carbocycles. The number of aromatic amines is 1. The summed E-state index contributed by atoms with van der Waals surface area (Å²) in [5, 5.41) is 69.2. The molecule has 0 aliphatic rings. The number of hydrogen-bond donors (Lipinski definition) is 25. The van der Waals surface area contributed by atoms with Crippen LogP contribution in [0, 0.1) is 23.7 Å². The molecule has 0 unspecified atom stereocenters. The highest BCUT2D eigenvalue weighted by molar-refractivity contribution is 6.01. The summed E-state index contributed by atoms with van der Waals surface area (Å²) >= 11 is 0. The second kappa shape index (κ2) is 61.9. The van der Waals surface area contributed by atoms with Crippen molar-refractivity contribution in [1.29, 1.82) is 0 Å². The molecule has 44 nitrogen and oxygen atoms in total. The Morgan fingerprint density at radius 2 is 0.777 bits per heavy atom. The lowest BCUT2D eigenvalue weighted by Gasteiger charge is -2.30. The van der Waals surface area contributed by atoms with Crippen LogP contribution in [0.25, 0.3) is 0 Å². The molecule has 17 amide bonds. The Bertz CT molecular complexity index is 3940. The lowest BCUT2D eigenvalue weighted by molar-refractivity contribution is -0.192. The average Bonchev–Trinajstić information content (AvgIpc) is 1.06. The maximum Gasteiger partial charge on any atom is 0.490 e. The van der Waals surface area contributed by atoms with Gasteiger partial charge in [0.05, 0.1) is 32.1 Å². The number of benzene rings is 1. The number of carbonyl (C=O) groups is 18. The predicted molar refractivity (Wildman–Crippen MR) is 469 cm³/mol. The number of unbranched alkanes of at least 4 members (excludes halogenated alkanes) is 4. The number of aromatic nitrogens is 2. The summed E-state index contributed by atoms with van der Waals surface area (Å²) in [7, 11) is 0. The summed E-state index contributed by atoms with van der Waals surface area (Å²) in [5.74, 6) is -18.4. The highest BCUT2D eigenvalue weighted by atomic mass is 19.4. The predicted octanol–water partition coefficient (Wildman–Crippen LogP) is -4.92. The monoisotopic (exact) mass is 1850 g/mol. The number of imidazole rings is 1. The minimum absolute atomic E-state index is 0.000793. The highest BCUT2D eigenvalue weighted by Gasteiger charge is 2.41. The maximum absolute atomic E-state index is 14.4. The molecule has 1 heterocycles. The summed E-state index contributed by atoms with van der Waals surface area (Å²) in [4.78, 5) is 249. The lowest BCUT2D eigenvalue weighted by atomic mass is 9.96. The first-order valence-electron chi connectivity index (χ1n) is 43.5. The van der Waals surface area contributed by atoms with Crippen LogP contribution in [-0.2, 0) is 99.1 Å². The van der Waals surface area contributed by atoms with Gasteiger partial charge >= 0.3 is 12.1 Å². The lowest BCUT2D eigenvalue weighted by Crippen LogP contribution is -2.61. The fourth-order valence-corrected chi connectivity index (χ4v) is 12.7. The van der Waals surface area contributed by atoms with Crippen LogP contribution < -0.4 is 114 Å². The van der Waals surface area contributed by atoms with Crippen LogP contribution in [0.5, 0.6) is 0 Å². The Kier molecular flexibility index (Phi) is 55.4. The number of alkyl halides is 3. The van der Waals surface area contributed by atoms with E-state index in [2.05, 4.69) is 95.0 Å². The van der Waals surface area contributed by atoms with Gasteiger partial charge < -0.3 is 134 Å². The van der Waals surface area contributed by atoms with Gasteiger partial charge in [-0.05, 0) is 166 Å². The summed E-state index contributed by atoms with van der Waals surface area (Å²) in [6.45, 7) is 17.5. The second-order valence-corrected chi connectivity index (χ2v) is 32.8. The topological polar surface area (TPSA) is 719 Å². The number of carboxylic acids is 1. The van der Waals surface area contributed by atoms with Crippen molar-refractivity contribution in [2.24, 2.45) is 52.3 Å². The number of amides is 17. The first-order valence-corrected chi connectivity index (χ1v) is 43.5. The zero-order chi connectivity index (χ0) is 98.7. The van der Waals surface area contributed by atoms with Crippen LogP contribution in [0.1, 0.15) is 191 Å². The molecule has 0 aliphatic heterocycles. The number of nitrogens with zero attached hydrogens (tertiary/aromatic N) is 1. The van der Waals surface area contributed by atoms with Gasteiger partial charge in [0.25, 0.3) is 0 Å². The van der Waals surface area contributed by atoms with Gasteiger partial charge in [0, 0.05) is 31.7 Å². The third-order valence-corrected chi connectivity index (χ3v) is 20.2. The van der Waals surface area contributed by atoms with E-state index in [0.29, 0.717) is 69.2 Å². The summed E-state index contributed by atoms with van der Waals surface area (Å²) in [6.07, 6.45) is -0.328. The molecule has 16 atom stereocenters. The number of rotatable bonds is 61. The van der Waals surface area contributed by atoms with E-state index < -0.39 is 235 Å². The number of nitrogens with one attached hydrogen (secondary N) is 17. The Labute approximate surface area is 754 Å².